The zero-order valence-electron chi connectivity index (χ0n) is 41.7. The van der Waals surface area contributed by atoms with Gasteiger partial charge in [0.05, 0.1) is 37.5 Å². The number of aliphatic hydroxyl groups excluding tert-OH is 1. The van der Waals surface area contributed by atoms with E-state index in [1.807, 2.05) is 43.1 Å². The van der Waals surface area contributed by atoms with Gasteiger partial charge in [0, 0.05) is 94.1 Å². The van der Waals surface area contributed by atoms with Crippen LogP contribution in [-0.4, -0.2) is 153 Å². The Balaban J connectivity index is 1.13. The highest BCUT2D eigenvalue weighted by Gasteiger charge is 2.41. The summed E-state index contributed by atoms with van der Waals surface area (Å²) in [5.41, 5.74) is 9.71. The number of phenols is 1. The van der Waals surface area contributed by atoms with Crippen molar-refractivity contribution in [1.82, 2.24) is 40.0 Å². The third-order valence-electron chi connectivity index (χ3n) is 14.5. The molecule has 3 saturated heterocycles. The summed E-state index contributed by atoms with van der Waals surface area (Å²) in [6.45, 7) is 13.3. The molecule has 2 aromatic carbocycles. The first kappa shape index (κ1) is 50.5. The number of aromatic hydroxyl groups is 1. The lowest BCUT2D eigenvalue weighted by Crippen LogP contribution is -2.62. The molecule has 0 spiro atoms. The number of aromatic nitrogens is 2. The highest BCUT2D eigenvalue weighted by molar-refractivity contribution is 5.96. The maximum atomic E-state index is 14.8. The minimum absolute atomic E-state index is 0.0151. The second kappa shape index (κ2) is 21.2. The number of likely N-dealkylation sites (tertiary alicyclic amines) is 2. The molecule has 4 aromatic rings. The van der Waals surface area contributed by atoms with Crippen LogP contribution < -0.4 is 10.7 Å². The summed E-state index contributed by atoms with van der Waals surface area (Å²) in [6.07, 6.45) is 5.73. The van der Waals surface area contributed by atoms with Gasteiger partial charge in [-0.05, 0) is 103 Å². The van der Waals surface area contributed by atoms with E-state index in [-0.39, 0.29) is 56.1 Å². The number of pyridine rings is 1. The molecule has 4 amide bonds. The van der Waals surface area contributed by atoms with Gasteiger partial charge in [-0.1, -0.05) is 39.8 Å². The Bertz CT molecular complexity index is 2610. The number of hydrazine groups is 1. The molecule has 0 radical (unpaired) electrons. The van der Waals surface area contributed by atoms with Crippen LogP contribution in [0.5, 0.6) is 5.75 Å². The summed E-state index contributed by atoms with van der Waals surface area (Å²) in [5.74, 6) is -2.75. The predicted molar refractivity (Wildman–Crippen MR) is 264 cm³/mol. The lowest BCUT2D eigenvalue weighted by Gasteiger charge is -2.37. The quantitative estimate of drug-likeness (QED) is 0.156. The van der Waals surface area contributed by atoms with Crippen LogP contribution in [-0.2, 0) is 59.4 Å². The summed E-state index contributed by atoms with van der Waals surface area (Å²) in [7, 11) is 3.26. The number of fused-ring (bicyclic) bond motifs is 6. The van der Waals surface area contributed by atoms with Gasteiger partial charge >= 0.3 is 5.97 Å². The van der Waals surface area contributed by atoms with Crippen molar-refractivity contribution in [2.75, 3.05) is 60.0 Å². The van der Waals surface area contributed by atoms with E-state index >= 15 is 0 Å². The smallest absolute Gasteiger partial charge is 0.324 e. The van der Waals surface area contributed by atoms with Crippen LogP contribution in [0, 0.1) is 17.3 Å². The number of aryl methyl sites for hydroxylation is 1. The summed E-state index contributed by atoms with van der Waals surface area (Å²) in [4.78, 5) is 80.4. The third-order valence-corrected chi connectivity index (χ3v) is 14.5. The molecule has 4 N–H and O–H groups in total. The molecule has 6 heterocycles. The van der Waals surface area contributed by atoms with Gasteiger partial charge in [0.15, 0.2) is 0 Å². The average Bonchev–Trinajstić information content (AvgIpc) is 4.07. The van der Waals surface area contributed by atoms with Crippen LogP contribution in [0.3, 0.4) is 0 Å². The molecule has 70 heavy (non-hydrogen) atoms. The molecule has 1 unspecified atom stereocenters. The summed E-state index contributed by atoms with van der Waals surface area (Å²) in [5, 5.41) is 26.7. The molecular formula is C53H70N8O9. The Labute approximate surface area is 410 Å². The SMILES string of the molecule is CCn1c(-c2cnccc2COC)c2c3cc(ccc31)-c1cc(O)cc(c1)C[C@H](NC(=O)C(C(C)C)N(C)C(=O)[C@H]1CCN(C(=O)CN3CC[C@@H](O)C3)C1)C(=O)N1CCC[C@H](N1)C(=O)OCC(C)(C)C2. The van der Waals surface area contributed by atoms with Gasteiger partial charge in [0.25, 0.3) is 5.91 Å². The number of benzene rings is 2. The first-order chi connectivity index (χ1) is 33.4. The van der Waals surface area contributed by atoms with E-state index in [1.54, 1.807) is 37.4 Å². The van der Waals surface area contributed by atoms with E-state index in [2.05, 4.69) is 53.2 Å². The zero-order chi connectivity index (χ0) is 50.0. The molecule has 17 nitrogen and oxygen atoms in total. The molecule has 17 heteroatoms. The van der Waals surface area contributed by atoms with Crippen molar-refractivity contribution in [3.05, 3.63) is 71.5 Å². The standard InChI is InChI=1S/C53H70N8O9/c1-8-60-45-12-11-34-24-40(45)41(48(60)42-26-54-16-13-36(42)30-69-7)25-53(4,5)31-70-52(68)43-10-9-17-61(56-43)51(67)44(22-33-20-37(34)23-39(63)21-33)55-49(65)47(32(2)3)57(6)50(66)35-14-19-59(27-35)46(64)29-58-18-15-38(62)28-58/h11-13,16,20-21,23-24,26,32,35,38,43-44,47,56,62-63H,8-10,14-15,17-19,22,25,27-31H2,1-7H3,(H,55,65)/t35-,38+,43-,44-,47?/m0/s1. The minimum atomic E-state index is -1.17. The zero-order valence-corrected chi connectivity index (χ0v) is 41.7. The highest BCUT2D eigenvalue weighted by Crippen LogP contribution is 2.41. The number of aliphatic hydroxyl groups is 1. The summed E-state index contributed by atoms with van der Waals surface area (Å²) in [6, 6.07) is 10.4. The number of hydrogen-bond acceptors (Lipinski definition) is 12. The molecule has 6 bridgehead atoms. The Morgan fingerprint density at radius 1 is 1.03 bits per heavy atom. The Kier molecular flexibility index (Phi) is 15.3. The van der Waals surface area contributed by atoms with E-state index in [0.29, 0.717) is 76.0 Å². The monoisotopic (exact) mass is 963 g/mol. The van der Waals surface area contributed by atoms with Gasteiger partial charge in [0.2, 0.25) is 17.7 Å². The normalized spacial score (nSPS) is 22.5. The van der Waals surface area contributed by atoms with Crippen LogP contribution in [0.15, 0.2) is 54.9 Å². The van der Waals surface area contributed by atoms with E-state index in [9.17, 15) is 34.2 Å². The number of β-amino-alcohol motifs (C(OH)–C–C–N with tert-alkyl or cyclic N) is 1. The first-order valence-corrected chi connectivity index (χ1v) is 24.8. The van der Waals surface area contributed by atoms with Crippen molar-refractivity contribution in [1.29, 1.82) is 0 Å². The van der Waals surface area contributed by atoms with Gasteiger partial charge < -0.3 is 39.4 Å². The van der Waals surface area contributed by atoms with Crippen molar-refractivity contribution in [3.8, 4) is 28.1 Å². The fourth-order valence-corrected chi connectivity index (χ4v) is 11.0. The number of phenolic OH excluding ortho intramolecular Hbond substituents is 1. The van der Waals surface area contributed by atoms with E-state index in [4.69, 9.17) is 9.47 Å². The van der Waals surface area contributed by atoms with Gasteiger partial charge in [-0.2, -0.15) is 0 Å². The molecule has 2 aromatic heterocycles. The number of amides is 4. The van der Waals surface area contributed by atoms with Crippen molar-refractivity contribution in [3.63, 3.8) is 0 Å². The van der Waals surface area contributed by atoms with Gasteiger partial charge in [0.1, 0.15) is 23.9 Å². The van der Waals surface area contributed by atoms with Crippen LogP contribution >= 0.6 is 0 Å². The Morgan fingerprint density at radius 3 is 2.56 bits per heavy atom. The van der Waals surface area contributed by atoms with Crippen LogP contribution in [0.1, 0.15) is 77.0 Å². The van der Waals surface area contributed by atoms with Crippen LogP contribution in [0.4, 0.5) is 0 Å². The fraction of sp³-hybridized carbons (Fsp3) is 0.547. The van der Waals surface area contributed by atoms with E-state index in [1.165, 1.54) is 9.91 Å². The third kappa shape index (κ3) is 10.9. The molecule has 376 valence electrons. The maximum absolute atomic E-state index is 14.8. The first-order valence-electron chi connectivity index (χ1n) is 24.8. The summed E-state index contributed by atoms with van der Waals surface area (Å²) >= 11 is 0. The lowest BCUT2D eigenvalue weighted by molar-refractivity contribution is -0.155. The minimum Gasteiger partial charge on any atom is -0.508 e. The molecule has 5 atom stereocenters. The predicted octanol–water partition coefficient (Wildman–Crippen LogP) is 4.29. The number of methoxy groups -OCH3 is 1. The number of rotatable bonds is 11. The fourth-order valence-electron chi connectivity index (χ4n) is 11.0. The molecule has 8 rings (SSSR count). The number of cyclic esters (lactones) is 1. The number of esters is 1. The second-order valence-corrected chi connectivity index (χ2v) is 20.8. The molecular weight excluding hydrogens is 893 g/mol. The van der Waals surface area contributed by atoms with Crippen molar-refractivity contribution in [2.24, 2.45) is 17.3 Å². The number of carbonyl (C=O) groups is 5. The number of nitrogens with one attached hydrogen (secondary N) is 2. The largest absolute Gasteiger partial charge is 0.508 e. The van der Waals surface area contributed by atoms with E-state index < -0.39 is 53.3 Å². The number of ether oxygens (including phenoxy) is 2. The molecule has 4 aliphatic rings. The molecule has 4 aliphatic heterocycles. The number of hydrogen-bond donors (Lipinski definition) is 4. The molecule has 0 saturated carbocycles. The van der Waals surface area contributed by atoms with Crippen molar-refractivity contribution >= 4 is 40.5 Å². The van der Waals surface area contributed by atoms with E-state index in [0.717, 1.165) is 38.9 Å². The van der Waals surface area contributed by atoms with Gasteiger partial charge in [-0.3, -0.25) is 38.9 Å². The highest BCUT2D eigenvalue weighted by atomic mass is 16.5. The average molecular weight is 963 g/mol. The van der Waals surface area contributed by atoms with Crippen LogP contribution in [0.25, 0.3) is 33.3 Å². The second-order valence-electron chi connectivity index (χ2n) is 20.8. The number of nitrogens with zero attached hydrogens (tertiary/aromatic N) is 6. The number of likely N-dealkylation sites (N-methyl/N-ethyl adjacent to an activating group) is 1. The summed E-state index contributed by atoms with van der Waals surface area (Å²) < 4.78 is 14.0. The van der Waals surface area contributed by atoms with Gasteiger partial charge in [-0.25, -0.2) is 5.43 Å². The van der Waals surface area contributed by atoms with Crippen LogP contribution in [0.2, 0.25) is 0 Å². The number of carbonyl (C=O) groups excluding carboxylic acids is 5. The Morgan fingerprint density at radius 2 is 1.83 bits per heavy atom. The van der Waals surface area contributed by atoms with Crippen molar-refractivity contribution in [2.45, 2.75) is 111 Å². The Hall–Kier alpha value is -5.88. The molecule has 0 aliphatic carbocycles. The van der Waals surface area contributed by atoms with Gasteiger partial charge in [-0.15, -0.1) is 0 Å². The topological polar surface area (TPSA) is 199 Å². The lowest BCUT2D eigenvalue weighted by atomic mass is 9.84. The van der Waals surface area contributed by atoms with Crippen molar-refractivity contribution < 1.29 is 43.7 Å². The maximum Gasteiger partial charge on any atom is 0.324 e. The molecule has 3 fully saturated rings.